The van der Waals surface area contributed by atoms with Gasteiger partial charge in [0.15, 0.2) is 0 Å². The largest absolute Gasteiger partial charge is 0.489 e. The molecule has 0 aliphatic carbocycles. The van der Waals surface area contributed by atoms with Crippen molar-refractivity contribution in [1.82, 2.24) is 5.32 Å². The van der Waals surface area contributed by atoms with Crippen LogP contribution in [0.1, 0.15) is 26.3 Å². The van der Waals surface area contributed by atoms with E-state index in [9.17, 15) is 9.18 Å². The molecule has 0 saturated heterocycles. The quantitative estimate of drug-likeness (QED) is 0.726. The molecule has 120 valence electrons. The first-order valence-electron chi connectivity index (χ1n) is 7.15. The molecular weight excluding hydrogens is 283 g/mol. The van der Waals surface area contributed by atoms with Crippen LogP contribution in [0.25, 0.3) is 0 Å². The van der Waals surface area contributed by atoms with Gasteiger partial charge in [0.25, 0.3) is 0 Å². The number of halogens is 1. The highest BCUT2D eigenvalue weighted by Crippen LogP contribution is 2.14. The van der Waals surface area contributed by atoms with Gasteiger partial charge in [-0.25, -0.2) is 4.39 Å². The summed E-state index contributed by atoms with van der Waals surface area (Å²) in [6, 6.07) is 7.12. The minimum Gasteiger partial charge on any atom is -0.489 e. The molecule has 5 heteroatoms. The van der Waals surface area contributed by atoms with E-state index in [4.69, 9.17) is 10.5 Å². The van der Waals surface area contributed by atoms with E-state index in [1.807, 2.05) is 31.2 Å². The van der Waals surface area contributed by atoms with Crippen LogP contribution in [0.4, 0.5) is 4.39 Å². The number of primary amides is 1. The number of allylic oxidation sites excluding steroid dienone is 3. The number of ether oxygens (including phenoxy) is 1. The van der Waals surface area contributed by atoms with Gasteiger partial charge in [0.2, 0.25) is 5.91 Å². The Morgan fingerprint density at radius 2 is 2.05 bits per heavy atom. The summed E-state index contributed by atoms with van der Waals surface area (Å²) >= 11 is 0. The third-order valence-corrected chi connectivity index (χ3v) is 3.09. The average molecular weight is 306 g/mol. The average Bonchev–Trinajstić information content (AvgIpc) is 2.51. The minimum atomic E-state index is -0.379. The summed E-state index contributed by atoms with van der Waals surface area (Å²) in [5.74, 6) is 0.0574. The van der Waals surface area contributed by atoms with E-state index in [1.165, 1.54) is 12.2 Å². The summed E-state index contributed by atoms with van der Waals surface area (Å²) in [4.78, 5) is 10.9. The van der Waals surface area contributed by atoms with Gasteiger partial charge in [0.05, 0.1) is 6.04 Å². The third-order valence-electron chi connectivity index (χ3n) is 3.09. The standard InChI is InChI=1S/C17H23FN2O2/c1-4-15(18)9-12(2)11-22-16-7-5-14(6-8-16)10-20-13(3)17(19)21/h4-9,13,20H,10-11H2,1-3H3,(H2,19,21)/b12-9+,15-4+. The van der Waals surface area contributed by atoms with Crippen LogP contribution in [0.3, 0.4) is 0 Å². The zero-order valence-electron chi connectivity index (χ0n) is 13.2. The van der Waals surface area contributed by atoms with Crippen LogP contribution in [0.5, 0.6) is 5.75 Å². The molecule has 1 unspecified atom stereocenters. The second kappa shape index (κ2) is 9.00. The first kappa shape index (κ1) is 17.9. The highest BCUT2D eigenvalue weighted by molar-refractivity contribution is 5.79. The van der Waals surface area contributed by atoms with Crippen LogP contribution in [0, 0.1) is 0 Å². The summed E-state index contributed by atoms with van der Waals surface area (Å²) in [5, 5.41) is 3.02. The Balaban J connectivity index is 2.48. The summed E-state index contributed by atoms with van der Waals surface area (Å²) < 4.78 is 18.6. The molecule has 0 radical (unpaired) electrons. The number of carbonyl (C=O) groups excluding carboxylic acids is 1. The number of rotatable bonds is 8. The summed E-state index contributed by atoms with van der Waals surface area (Å²) in [7, 11) is 0. The van der Waals surface area contributed by atoms with Crippen molar-refractivity contribution in [3.63, 3.8) is 0 Å². The molecule has 1 atom stereocenters. The number of hydrogen-bond donors (Lipinski definition) is 2. The van der Waals surface area contributed by atoms with Crippen molar-refractivity contribution in [1.29, 1.82) is 0 Å². The molecule has 0 heterocycles. The molecular formula is C17H23FN2O2. The number of hydrogen-bond acceptors (Lipinski definition) is 3. The fourth-order valence-electron chi connectivity index (χ4n) is 1.63. The summed E-state index contributed by atoms with van der Waals surface area (Å²) in [6.45, 7) is 6.06. The van der Waals surface area contributed by atoms with Gasteiger partial charge < -0.3 is 15.8 Å². The molecule has 0 fully saturated rings. The van der Waals surface area contributed by atoms with Gasteiger partial charge in [-0.1, -0.05) is 18.2 Å². The zero-order valence-corrected chi connectivity index (χ0v) is 13.2. The Morgan fingerprint density at radius 1 is 1.41 bits per heavy atom. The number of amides is 1. The Hall–Kier alpha value is -2.14. The minimum absolute atomic E-state index is 0.272. The normalized spacial score (nSPS) is 13.8. The first-order valence-corrected chi connectivity index (χ1v) is 7.15. The smallest absolute Gasteiger partial charge is 0.234 e. The molecule has 0 saturated carbocycles. The van der Waals surface area contributed by atoms with Gasteiger partial charge in [-0.3, -0.25) is 4.79 Å². The number of nitrogens with two attached hydrogens (primary N) is 1. The van der Waals surface area contributed by atoms with Crippen LogP contribution < -0.4 is 15.8 Å². The molecule has 0 aromatic heterocycles. The molecule has 1 amide bonds. The maximum atomic E-state index is 13.1. The lowest BCUT2D eigenvalue weighted by atomic mass is 10.2. The summed E-state index contributed by atoms with van der Waals surface area (Å²) in [6.07, 6.45) is 2.85. The van der Waals surface area contributed by atoms with E-state index in [0.717, 1.165) is 11.1 Å². The van der Waals surface area contributed by atoms with E-state index >= 15 is 0 Å². The zero-order chi connectivity index (χ0) is 16.5. The van der Waals surface area contributed by atoms with Crippen LogP contribution in [0.15, 0.2) is 47.8 Å². The molecule has 22 heavy (non-hydrogen) atoms. The summed E-state index contributed by atoms with van der Waals surface area (Å²) in [5.41, 5.74) is 7.00. The van der Waals surface area contributed by atoms with E-state index in [1.54, 1.807) is 13.8 Å². The van der Waals surface area contributed by atoms with Crippen LogP contribution in [-0.4, -0.2) is 18.6 Å². The van der Waals surface area contributed by atoms with Gasteiger partial charge in [-0.15, -0.1) is 0 Å². The Labute approximate surface area is 130 Å². The molecule has 1 aromatic rings. The van der Waals surface area contributed by atoms with Gasteiger partial charge in [0.1, 0.15) is 18.2 Å². The fraction of sp³-hybridized carbons (Fsp3) is 0.353. The Morgan fingerprint density at radius 3 is 2.59 bits per heavy atom. The van der Waals surface area contributed by atoms with Gasteiger partial charge in [0, 0.05) is 6.54 Å². The molecule has 0 spiro atoms. The molecule has 0 aliphatic heterocycles. The second-order valence-corrected chi connectivity index (χ2v) is 5.10. The van der Waals surface area contributed by atoms with Crippen molar-refractivity contribution in [3.05, 3.63) is 53.4 Å². The lowest BCUT2D eigenvalue weighted by Crippen LogP contribution is -2.38. The first-order chi connectivity index (χ1) is 10.4. The van der Waals surface area contributed by atoms with Gasteiger partial charge in [-0.2, -0.15) is 0 Å². The Kier molecular flexibility index (Phi) is 7.32. The van der Waals surface area contributed by atoms with Crippen molar-refractivity contribution in [2.75, 3.05) is 6.61 Å². The second-order valence-electron chi connectivity index (χ2n) is 5.10. The van der Waals surface area contributed by atoms with Crippen LogP contribution in [0.2, 0.25) is 0 Å². The van der Waals surface area contributed by atoms with Crippen molar-refractivity contribution >= 4 is 5.91 Å². The van der Waals surface area contributed by atoms with Gasteiger partial charge in [-0.05, 0) is 50.1 Å². The van der Waals surface area contributed by atoms with E-state index in [2.05, 4.69) is 5.32 Å². The SMILES string of the molecule is C/C=C(F)\C=C(/C)COc1ccc(CNC(C)C(N)=O)cc1. The predicted molar refractivity (Wildman–Crippen MR) is 86.1 cm³/mol. The highest BCUT2D eigenvalue weighted by atomic mass is 19.1. The maximum absolute atomic E-state index is 13.1. The van der Waals surface area contributed by atoms with E-state index < -0.39 is 0 Å². The lowest BCUT2D eigenvalue weighted by molar-refractivity contribution is -0.119. The topological polar surface area (TPSA) is 64.3 Å². The highest BCUT2D eigenvalue weighted by Gasteiger charge is 2.06. The van der Waals surface area contributed by atoms with Crippen molar-refractivity contribution < 1.29 is 13.9 Å². The van der Waals surface area contributed by atoms with Gasteiger partial charge >= 0.3 is 0 Å². The van der Waals surface area contributed by atoms with Crippen molar-refractivity contribution in [3.8, 4) is 5.75 Å². The molecule has 1 rings (SSSR count). The molecule has 0 aliphatic rings. The molecule has 1 aromatic carbocycles. The maximum Gasteiger partial charge on any atom is 0.234 e. The number of carbonyl (C=O) groups is 1. The lowest BCUT2D eigenvalue weighted by Gasteiger charge is -2.11. The molecule has 4 nitrogen and oxygen atoms in total. The third kappa shape index (κ3) is 6.54. The Bertz CT molecular complexity index is 550. The molecule has 3 N–H and O–H groups in total. The number of nitrogens with one attached hydrogen (secondary N) is 1. The van der Waals surface area contributed by atoms with Crippen LogP contribution in [-0.2, 0) is 11.3 Å². The van der Waals surface area contributed by atoms with Crippen molar-refractivity contribution in [2.24, 2.45) is 5.73 Å². The monoisotopic (exact) mass is 306 g/mol. The predicted octanol–water partition coefficient (Wildman–Crippen LogP) is 2.85. The van der Waals surface area contributed by atoms with E-state index in [0.29, 0.717) is 18.9 Å². The molecule has 0 bridgehead atoms. The number of benzene rings is 1. The fourth-order valence-corrected chi connectivity index (χ4v) is 1.63. The van der Waals surface area contributed by atoms with Crippen LogP contribution >= 0.6 is 0 Å². The van der Waals surface area contributed by atoms with E-state index in [-0.39, 0.29) is 17.8 Å². The van der Waals surface area contributed by atoms with Crippen molar-refractivity contribution in [2.45, 2.75) is 33.4 Å².